The molecule has 0 spiro atoms. The molecule has 0 saturated carbocycles. The third-order valence-corrected chi connectivity index (χ3v) is 5.06. The van der Waals surface area contributed by atoms with Crippen LogP contribution >= 0.6 is 0 Å². The molecule has 1 saturated heterocycles. The second-order valence-corrected chi connectivity index (χ2v) is 9.03. The van der Waals surface area contributed by atoms with E-state index in [4.69, 9.17) is 5.26 Å². The average Bonchev–Trinajstić information content (AvgIpc) is 2.69. The molecule has 0 atom stereocenters. The van der Waals surface area contributed by atoms with Gasteiger partial charge in [0.15, 0.2) is 0 Å². The summed E-state index contributed by atoms with van der Waals surface area (Å²) in [6.45, 7) is 10.5. The number of anilines is 1. The van der Waals surface area contributed by atoms with Crippen molar-refractivity contribution < 1.29 is 4.39 Å². The first kappa shape index (κ1) is 21.2. The molecule has 5 nitrogen and oxygen atoms in total. The molecule has 0 bridgehead atoms. The van der Waals surface area contributed by atoms with E-state index in [0.717, 1.165) is 25.2 Å². The second-order valence-electron chi connectivity index (χ2n) is 9.03. The van der Waals surface area contributed by atoms with E-state index in [-0.39, 0.29) is 17.1 Å². The van der Waals surface area contributed by atoms with Gasteiger partial charge in [-0.3, -0.25) is 4.90 Å². The molecule has 154 valence electrons. The Labute approximate surface area is 173 Å². The predicted octanol–water partition coefficient (Wildman–Crippen LogP) is 4.53. The van der Waals surface area contributed by atoms with Gasteiger partial charge in [-0.1, -0.05) is 39.3 Å². The highest BCUT2D eigenvalue weighted by Crippen LogP contribution is 2.24. The number of nitriles is 1. The molecule has 29 heavy (non-hydrogen) atoms. The molecule has 0 unspecified atom stereocenters. The van der Waals surface area contributed by atoms with E-state index in [1.54, 1.807) is 18.3 Å². The van der Waals surface area contributed by atoms with Crippen LogP contribution in [-0.4, -0.2) is 34.5 Å². The number of hydrogen-bond acceptors (Lipinski definition) is 5. The van der Waals surface area contributed by atoms with Crippen LogP contribution in [-0.2, 0) is 13.1 Å². The van der Waals surface area contributed by atoms with E-state index in [0.29, 0.717) is 24.5 Å². The number of benzene rings is 1. The minimum absolute atomic E-state index is 0.0115. The number of nitrogens with zero attached hydrogens (tertiary/aromatic N) is 5. The molecule has 1 aromatic carbocycles. The maximum atomic E-state index is 14.9. The molecule has 0 radical (unpaired) electrons. The second kappa shape index (κ2) is 9.32. The Morgan fingerprint density at radius 1 is 1.17 bits per heavy atom. The zero-order valence-corrected chi connectivity index (χ0v) is 17.7. The molecule has 1 aliphatic heterocycles. The van der Waals surface area contributed by atoms with Gasteiger partial charge in [0.1, 0.15) is 17.7 Å². The van der Waals surface area contributed by atoms with Gasteiger partial charge in [-0.15, -0.1) is 0 Å². The van der Waals surface area contributed by atoms with Crippen LogP contribution in [0.2, 0.25) is 0 Å². The monoisotopic (exact) mass is 395 g/mol. The first-order valence-electron chi connectivity index (χ1n) is 10.3. The van der Waals surface area contributed by atoms with Gasteiger partial charge in [-0.05, 0) is 49.0 Å². The Hall–Kier alpha value is -2.52. The smallest absolute Gasteiger partial charge is 0.234 e. The first-order valence-corrected chi connectivity index (χ1v) is 10.3. The highest BCUT2D eigenvalue weighted by atomic mass is 19.1. The molecule has 0 N–H and O–H groups in total. The number of piperidine rings is 1. The SMILES string of the molecule is CC(C)(C)CN(Cc1ccc(CN2CCCCC2)cc1F)c1ccnc(C#N)n1. The molecule has 0 aliphatic carbocycles. The Morgan fingerprint density at radius 3 is 2.59 bits per heavy atom. The Balaban J connectivity index is 1.78. The normalized spacial score (nSPS) is 15.1. The van der Waals surface area contributed by atoms with E-state index < -0.39 is 0 Å². The van der Waals surface area contributed by atoms with Crippen LogP contribution in [0.5, 0.6) is 0 Å². The summed E-state index contributed by atoms with van der Waals surface area (Å²) in [4.78, 5) is 12.7. The molecule has 1 fully saturated rings. The highest BCUT2D eigenvalue weighted by Gasteiger charge is 2.20. The fourth-order valence-corrected chi connectivity index (χ4v) is 3.77. The van der Waals surface area contributed by atoms with Crippen LogP contribution in [0, 0.1) is 22.6 Å². The molecule has 0 amide bonds. The van der Waals surface area contributed by atoms with Crippen LogP contribution < -0.4 is 4.90 Å². The summed E-state index contributed by atoms with van der Waals surface area (Å²) in [5.41, 5.74) is 1.64. The maximum absolute atomic E-state index is 14.9. The third kappa shape index (κ3) is 6.23. The molecule has 1 aromatic heterocycles. The van der Waals surface area contributed by atoms with Crippen molar-refractivity contribution >= 4 is 5.82 Å². The van der Waals surface area contributed by atoms with Gasteiger partial charge in [0.05, 0.1) is 0 Å². The Morgan fingerprint density at radius 2 is 1.93 bits per heavy atom. The highest BCUT2D eigenvalue weighted by molar-refractivity contribution is 5.41. The Kier molecular flexibility index (Phi) is 6.81. The van der Waals surface area contributed by atoms with Crippen molar-refractivity contribution in [2.24, 2.45) is 5.41 Å². The van der Waals surface area contributed by atoms with Crippen LogP contribution in [0.25, 0.3) is 0 Å². The van der Waals surface area contributed by atoms with Crippen molar-refractivity contribution in [3.05, 3.63) is 53.2 Å². The molecule has 2 aromatic rings. The fourth-order valence-electron chi connectivity index (χ4n) is 3.77. The predicted molar refractivity (Wildman–Crippen MR) is 113 cm³/mol. The molecular weight excluding hydrogens is 365 g/mol. The fraction of sp³-hybridized carbons (Fsp3) is 0.522. The van der Waals surface area contributed by atoms with Gasteiger partial charge in [-0.2, -0.15) is 5.26 Å². The summed E-state index contributed by atoms with van der Waals surface area (Å²) in [7, 11) is 0. The summed E-state index contributed by atoms with van der Waals surface area (Å²) >= 11 is 0. The van der Waals surface area contributed by atoms with Gasteiger partial charge < -0.3 is 4.90 Å². The Bertz CT molecular complexity index is 862. The van der Waals surface area contributed by atoms with Crippen molar-refractivity contribution in [1.29, 1.82) is 5.26 Å². The van der Waals surface area contributed by atoms with Crippen LogP contribution in [0.1, 0.15) is 57.0 Å². The maximum Gasteiger partial charge on any atom is 0.234 e. The van der Waals surface area contributed by atoms with E-state index in [1.165, 1.54) is 19.3 Å². The minimum Gasteiger partial charge on any atom is -0.352 e. The van der Waals surface area contributed by atoms with Gasteiger partial charge in [-0.25, -0.2) is 14.4 Å². The van der Waals surface area contributed by atoms with Crippen molar-refractivity contribution in [2.45, 2.75) is 53.1 Å². The molecule has 2 heterocycles. The van der Waals surface area contributed by atoms with Crippen LogP contribution in [0.4, 0.5) is 10.2 Å². The summed E-state index contributed by atoms with van der Waals surface area (Å²) < 4.78 is 14.9. The average molecular weight is 396 g/mol. The first-order chi connectivity index (χ1) is 13.8. The van der Waals surface area contributed by atoms with E-state index in [2.05, 4.69) is 35.6 Å². The van der Waals surface area contributed by atoms with E-state index in [9.17, 15) is 4.39 Å². The van der Waals surface area contributed by atoms with Gasteiger partial charge >= 0.3 is 0 Å². The topological polar surface area (TPSA) is 56.0 Å². The lowest BCUT2D eigenvalue weighted by atomic mass is 9.95. The lowest BCUT2D eigenvalue weighted by Crippen LogP contribution is -2.33. The van der Waals surface area contributed by atoms with Gasteiger partial charge in [0, 0.05) is 31.4 Å². The zero-order valence-electron chi connectivity index (χ0n) is 17.7. The summed E-state index contributed by atoms with van der Waals surface area (Å²) in [6.07, 6.45) is 5.33. The third-order valence-electron chi connectivity index (χ3n) is 5.06. The zero-order chi connectivity index (χ0) is 20.9. The van der Waals surface area contributed by atoms with Crippen molar-refractivity contribution in [3.63, 3.8) is 0 Å². The van der Waals surface area contributed by atoms with Crippen molar-refractivity contribution in [3.8, 4) is 6.07 Å². The van der Waals surface area contributed by atoms with Crippen LogP contribution in [0.15, 0.2) is 30.5 Å². The lowest BCUT2D eigenvalue weighted by Gasteiger charge is -2.31. The summed E-state index contributed by atoms with van der Waals surface area (Å²) in [5.74, 6) is 0.579. The molecule has 6 heteroatoms. The van der Waals surface area contributed by atoms with E-state index >= 15 is 0 Å². The summed E-state index contributed by atoms with van der Waals surface area (Å²) in [5, 5.41) is 9.12. The van der Waals surface area contributed by atoms with Crippen LogP contribution in [0.3, 0.4) is 0 Å². The largest absolute Gasteiger partial charge is 0.352 e. The summed E-state index contributed by atoms with van der Waals surface area (Å²) in [6, 6.07) is 9.33. The number of hydrogen-bond donors (Lipinski definition) is 0. The molecule has 3 rings (SSSR count). The molecule has 1 aliphatic rings. The van der Waals surface area contributed by atoms with Crippen molar-refractivity contribution in [1.82, 2.24) is 14.9 Å². The van der Waals surface area contributed by atoms with Gasteiger partial charge in [0.25, 0.3) is 0 Å². The molecular formula is C23H30FN5. The number of aromatic nitrogens is 2. The minimum atomic E-state index is -0.187. The number of likely N-dealkylation sites (tertiary alicyclic amines) is 1. The lowest BCUT2D eigenvalue weighted by molar-refractivity contribution is 0.220. The van der Waals surface area contributed by atoms with Gasteiger partial charge in [0.2, 0.25) is 5.82 Å². The standard InChI is InChI=1S/C23H30FN5/c1-23(2,3)17-29(22-9-10-26-21(14-25)27-22)16-19-8-7-18(13-20(19)24)15-28-11-5-4-6-12-28/h7-10,13H,4-6,11-12,15-17H2,1-3H3. The number of halogens is 1. The van der Waals surface area contributed by atoms with E-state index in [1.807, 2.05) is 23.1 Å². The quantitative estimate of drug-likeness (QED) is 0.719. The number of rotatable bonds is 6. The van der Waals surface area contributed by atoms with Crippen molar-refractivity contribution in [2.75, 3.05) is 24.5 Å².